The smallest absolute Gasteiger partial charge is 0.407 e. The van der Waals surface area contributed by atoms with E-state index in [4.69, 9.17) is 4.74 Å². The van der Waals surface area contributed by atoms with Gasteiger partial charge in [0.25, 0.3) is 0 Å². The van der Waals surface area contributed by atoms with Crippen LogP contribution < -0.4 is 5.32 Å². The molecule has 7 heteroatoms. The van der Waals surface area contributed by atoms with E-state index in [0.717, 1.165) is 28.7 Å². The van der Waals surface area contributed by atoms with Crippen molar-refractivity contribution in [1.82, 2.24) is 10.2 Å². The van der Waals surface area contributed by atoms with E-state index < -0.39 is 24.0 Å². The third-order valence-electron chi connectivity index (χ3n) is 6.93. The fraction of sp³-hybridized carbons (Fsp3) is 0.423. The number of carboxylic acids is 1. The van der Waals surface area contributed by atoms with Crippen molar-refractivity contribution < 1.29 is 24.2 Å². The van der Waals surface area contributed by atoms with E-state index in [1.165, 1.54) is 11.8 Å². The molecular weight excluding hydrogens is 420 g/mol. The van der Waals surface area contributed by atoms with Gasteiger partial charge in [0.05, 0.1) is 5.92 Å². The lowest BCUT2D eigenvalue weighted by molar-refractivity contribution is -0.151. The number of alkyl carbamates (subject to hydrolysis) is 1. The summed E-state index contributed by atoms with van der Waals surface area (Å²) in [5, 5.41) is 12.2. The molecule has 1 unspecified atom stereocenters. The van der Waals surface area contributed by atoms with E-state index in [0.29, 0.717) is 19.4 Å². The maximum absolute atomic E-state index is 13.0. The average molecular weight is 451 g/mol. The van der Waals surface area contributed by atoms with Crippen LogP contribution in [0.5, 0.6) is 0 Å². The zero-order chi connectivity index (χ0) is 23.5. The summed E-state index contributed by atoms with van der Waals surface area (Å²) in [7, 11) is 0. The number of nitrogens with zero attached hydrogens (tertiary/aromatic N) is 1. The largest absolute Gasteiger partial charge is 0.480 e. The summed E-state index contributed by atoms with van der Waals surface area (Å²) in [4.78, 5) is 38.5. The van der Waals surface area contributed by atoms with Gasteiger partial charge in [0.2, 0.25) is 5.91 Å². The Labute approximate surface area is 193 Å². The van der Waals surface area contributed by atoms with Gasteiger partial charge in [0.15, 0.2) is 0 Å². The van der Waals surface area contributed by atoms with Crippen LogP contribution in [0, 0.1) is 5.92 Å². The van der Waals surface area contributed by atoms with Crippen LogP contribution in [0.15, 0.2) is 48.5 Å². The number of benzene rings is 2. The predicted octanol–water partition coefficient (Wildman–Crippen LogP) is 4.02. The molecule has 1 saturated carbocycles. The molecule has 3 atom stereocenters. The van der Waals surface area contributed by atoms with Crippen LogP contribution in [0.2, 0.25) is 0 Å². The monoisotopic (exact) mass is 450 g/mol. The maximum Gasteiger partial charge on any atom is 0.407 e. The van der Waals surface area contributed by atoms with Crippen LogP contribution in [0.1, 0.15) is 50.2 Å². The van der Waals surface area contributed by atoms with Crippen molar-refractivity contribution in [2.75, 3.05) is 13.2 Å². The van der Waals surface area contributed by atoms with Crippen LogP contribution in [0.3, 0.4) is 0 Å². The van der Waals surface area contributed by atoms with Crippen molar-refractivity contribution in [3.8, 4) is 11.1 Å². The van der Waals surface area contributed by atoms with Gasteiger partial charge in [-0.05, 0) is 48.9 Å². The highest BCUT2D eigenvalue weighted by Gasteiger charge is 2.39. The molecule has 174 valence electrons. The predicted molar refractivity (Wildman–Crippen MR) is 124 cm³/mol. The van der Waals surface area contributed by atoms with Crippen LogP contribution in [0.25, 0.3) is 11.1 Å². The van der Waals surface area contributed by atoms with E-state index in [9.17, 15) is 19.5 Å². The van der Waals surface area contributed by atoms with Gasteiger partial charge in [0.1, 0.15) is 12.6 Å². The Balaban J connectivity index is 1.40. The lowest BCUT2D eigenvalue weighted by atomic mass is 9.98. The third kappa shape index (κ3) is 4.45. The summed E-state index contributed by atoms with van der Waals surface area (Å²) in [6.45, 7) is 3.79. The highest BCUT2D eigenvalue weighted by atomic mass is 16.5. The molecule has 2 aliphatic carbocycles. The number of ether oxygens (including phenoxy) is 1. The number of nitrogens with one attached hydrogen (secondary N) is 1. The first-order valence-electron chi connectivity index (χ1n) is 11.6. The van der Waals surface area contributed by atoms with Gasteiger partial charge >= 0.3 is 12.1 Å². The van der Waals surface area contributed by atoms with E-state index in [2.05, 4.69) is 29.6 Å². The number of carboxylic acid groups (broad SMARTS) is 1. The average Bonchev–Trinajstić information content (AvgIpc) is 3.40. The lowest BCUT2D eigenvalue weighted by Gasteiger charge is -2.30. The van der Waals surface area contributed by atoms with Crippen molar-refractivity contribution in [2.24, 2.45) is 5.92 Å². The second-order valence-corrected chi connectivity index (χ2v) is 8.75. The molecule has 0 spiro atoms. The van der Waals surface area contributed by atoms with E-state index in [-0.39, 0.29) is 24.5 Å². The number of fused-ring (bicyclic) bond motifs is 3. The number of amides is 2. The van der Waals surface area contributed by atoms with Crippen molar-refractivity contribution in [2.45, 2.75) is 51.1 Å². The molecule has 0 heterocycles. The standard InChI is InChI=1S/C26H30N2O5/c1-3-28(16(2)25(30)31)24(29)21-13-8-14-23(21)27-26(32)33-15-22-19-11-6-4-9-17(19)18-10-5-7-12-20(18)22/h4-7,9-12,16,21-23H,3,8,13-15H2,1-2H3,(H,27,32)(H,30,31)/t16?,21-,23+/m1/s1. The van der Waals surface area contributed by atoms with E-state index in [1.54, 1.807) is 6.92 Å². The van der Waals surface area contributed by atoms with Gasteiger partial charge in [0, 0.05) is 18.5 Å². The molecule has 2 N–H and O–H groups in total. The Morgan fingerprint density at radius 2 is 1.67 bits per heavy atom. The van der Waals surface area contributed by atoms with Crippen LogP contribution in [-0.4, -0.2) is 53.2 Å². The summed E-state index contributed by atoms with van der Waals surface area (Å²) in [6.07, 6.45) is 1.54. The Morgan fingerprint density at radius 3 is 2.24 bits per heavy atom. The minimum absolute atomic E-state index is 0.0313. The molecule has 0 bridgehead atoms. The minimum Gasteiger partial charge on any atom is -0.480 e. The van der Waals surface area contributed by atoms with Gasteiger partial charge in [-0.25, -0.2) is 9.59 Å². The molecule has 1 fully saturated rings. The first kappa shape index (κ1) is 22.8. The molecule has 2 amide bonds. The van der Waals surface area contributed by atoms with Crippen molar-refractivity contribution in [1.29, 1.82) is 0 Å². The van der Waals surface area contributed by atoms with Gasteiger partial charge in [-0.3, -0.25) is 4.79 Å². The summed E-state index contributed by atoms with van der Waals surface area (Å²) < 4.78 is 5.63. The number of hydrogen-bond donors (Lipinski definition) is 2. The summed E-state index contributed by atoms with van der Waals surface area (Å²) in [5.74, 6) is -1.73. The molecule has 2 aliphatic rings. The Morgan fingerprint density at radius 1 is 1.06 bits per heavy atom. The first-order chi connectivity index (χ1) is 15.9. The van der Waals surface area contributed by atoms with E-state index in [1.807, 2.05) is 24.3 Å². The van der Waals surface area contributed by atoms with E-state index >= 15 is 0 Å². The third-order valence-corrected chi connectivity index (χ3v) is 6.93. The Bertz CT molecular complexity index is 1010. The number of rotatable bonds is 7. The number of likely N-dealkylation sites (N-methyl/N-ethyl adjacent to an activating group) is 1. The van der Waals surface area contributed by atoms with Gasteiger partial charge in [-0.15, -0.1) is 0 Å². The van der Waals surface area contributed by atoms with Crippen molar-refractivity contribution in [3.63, 3.8) is 0 Å². The molecule has 0 saturated heterocycles. The fourth-order valence-electron chi connectivity index (χ4n) is 5.19. The van der Waals surface area contributed by atoms with Gasteiger partial charge < -0.3 is 20.1 Å². The van der Waals surface area contributed by atoms with Crippen molar-refractivity contribution in [3.05, 3.63) is 59.7 Å². The number of carbonyl (C=O) groups excluding carboxylic acids is 2. The van der Waals surface area contributed by atoms with Crippen LogP contribution >= 0.6 is 0 Å². The molecule has 0 radical (unpaired) electrons. The van der Waals surface area contributed by atoms with Gasteiger partial charge in [-0.2, -0.15) is 0 Å². The minimum atomic E-state index is -1.04. The number of aliphatic carboxylic acids is 1. The Kier molecular flexibility index (Phi) is 6.67. The molecule has 33 heavy (non-hydrogen) atoms. The lowest BCUT2D eigenvalue weighted by Crippen LogP contribution is -2.50. The molecule has 4 rings (SSSR count). The topological polar surface area (TPSA) is 95.9 Å². The molecule has 2 aromatic carbocycles. The SMILES string of the molecule is CCN(C(=O)[C@@H]1CCC[C@@H]1NC(=O)OCC1c2ccccc2-c2ccccc21)C(C)C(=O)O. The summed E-state index contributed by atoms with van der Waals surface area (Å²) in [5.41, 5.74) is 4.61. The molecule has 0 aromatic heterocycles. The van der Waals surface area contributed by atoms with Gasteiger partial charge in [-0.1, -0.05) is 55.0 Å². The zero-order valence-corrected chi connectivity index (χ0v) is 19.0. The maximum atomic E-state index is 13.0. The first-order valence-corrected chi connectivity index (χ1v) is 11.6. The van der Waals surface area contributed by atoms with Crippen molar-refractivity contribution >= 4 is 18.0 Å². The Hall–Kier alpha value is -3.35. The molecule has 0 aliphatic heterocycles. The molecule has 2 aromatic rings. The summed E-state index contributed by atoms with van der Waals surface area (Å²) >= 11 is 0. The quantitative estimate of drug-likeness (QED) is 0.664. The molecule has 7 nitrogen and oxygen atoms in total. The summed E-state index contributed by atoms with van der Waals surface area (Å²) in [6, 6.07) is 15.0. The van der Waals surface area contributed by atoms with Crippen LogP contribution in [0.4, 0.5) is 4.79 Å². The number of hydrogen-bond acceptors (Lipinski definition) is 4. The number of carbonyl (C=O) groups is 3. The fourth-order valence-corrected chi connectivity index (χ4v) is 5.19. The highest BCUT2D eigenvalue weighted by molar-refractivity contribution is 5.86. The normalized spacial score (nSPS) is 19.9. The second kappa shape index (κ2) is 9.65. The second-order valence-electron chi connectivity index (χ2n) is 8.75. The molecular formula is C26H30N2O5. The highest BCUT2D eigenvalue weighted by Crippen LogP contribution is 2.44. The van der Waals surface area contributed by atoms with Crippen LogP contribution in [-0.2, 0) is 14.3 Å². The zero-order valence-electron chi connectivity index (χ0n) is 19.0.